The Bertz CT molecular complexity index is 471. The van der Waals surface area contributed by atoms with E-state index in [-0.39, 0.29) is 5.78 Å². The molecule has 3 heteroatoms. The predicted molar refractivity (Wildman–Crippen MR) is 48.8 cm³/mol. The molecular formula is C10H9NO2. The van der Waals surface area contributed by atoms with Crippen molar-refractivity contribution in [2.75, 3.05) is 0 Å². The zero-order valence-corrected chi connectivity index (χ0v) is 7.50. The third-order valence-corrected chi connectivity index (χ3v) is 2.06. The van der Waals surface area contributed by atoms with Crippen molar-refractivity contribution in [3.63, 3.8) is 0 Å². The minimum Gasteiger partial charge on any atom is -0.356 e. The third kappa shape index (κ3) is 1.22. The molecule has 0 saturated carbocycles. The average molecular weight is 175 g/mol. The van der Waals surface area contributed by atoms with Crippen LogP contribution in [0.25, 0.3) is 11.0 Å². The van der Waals surface area contributed by atoms with Crippen molar-refractivity contribution in [2.24, 2.45) is 0 Å². The van der Waals surface area contributed by atoms with E-state index in [1.807, 2.05) is 13.0 Å². The van der Waals surface area contributed by atoms with Crippen LogP contribution >= 0.6 is 0 Å². The van der Waals surface area contributed by atoms with E-state index in [0.717, 1.165) is 16.7 Å². The van der Waals surface area contributed by atoms with Gasteiger partial charge in [0, 0.05) is 10.9 Å². The van der Waals surface area contributed by atoms with Gasteiger partial charge in [0.1, 0.15) is 0 Å². The van der Waals surface area contributed by atoms with E-state index in [0.29, 0.717) is 5.56 Å². The number of ketones is 1. The summed E-state index contributed by atoms with van der Waals surface area (Å²) in [5.74, 6) is 0.0579. The van der Waals surface area contributed by atoms with Crippen LogP contribution < -0.4 is 0 Å². The number of aryl methyl sites for hydroxylation is 1. The number of carbonyl (C=O) groups excluding carboxylic acids is 1. The van der Waals surface area contributed by atoms with Gasteiger partial charge in [-0.15, -0.1) is 0 Å². The molecule has 66 valence electrons. The lowest BCUT2D eigenvalue weighted by Crippen LogP contribution is -1.90. The molecule has 0 atom stereocenters. The summed E-state index contributed by atoms with van der Waals surface area (Å²) in [5, 5.41) is 4.72. The lowest BCUT2D eigenvalue weighted by molar-refractivity contribution is 0.101. The summed E-state index contributed by atoms with van der Waals surface area (Å²) < 4.78 is 5.02. The molecule has 0 aliphatic rings. The molecule has 0 aliphatic carbocycles. The Morgan fingerprint density at radius 3 is 2.92 bits per heavy atom. The molecule has 0 unspecified atom stereocenters. The maximum absolute atomic E-state index is 11.1. The largest absolute Gasteiger partial charge is 0.356 e. The molecule has 13 heavy (non-hydrogen) atoms. The molecule has 0 saturated heterocycles. The molecule has 0 N–H and O–H groups in total. The quantitative estimate of drug-likeness (QED) is 0.625. The molecule has 2 aromatic rings. The molecule has 0 spiro atoms. The number of Topliss-reactive ketones (excluding diaryl/α,β-unsaturated/α-hetero) is 1. The Balaban J connectivity index is 2.72. The molecule has 3 nitrogen and oxygen atoms in total. The van der Waals surface area contributed by atoms with Gasteiger partial charge in [-0.2, -0.15) is 0 Å². The average Bonchev–Trinajstić information content (AvgIpc) is 2.47. The molecule has 0 radical (unpaired) electrons. The zero-order chi connectivity index (χ0) is 9.42. The van der Waals surface area contributed by atoms with Crippen LogP contribution in [0.3, 0.4) is 0 Å². The van der Waals surface area contributed by atoms with Crippen LogP contribution in [0.5, 0.6) is 0 Å². The van der Waals surface area contributed by atoms with Crippen LogP contribution in [0, 0.1) is 6.92 Å². The molecule has 0 fully saturated rings. The van der Waals surface area contributed by atoms with Gasteiger partial charge in [0.25, 0.3) is 0 Å². The standard InChI is InChI=1S/C10H9NO2/c1-6-9-5-8(7(2)12)3-4-10(9)13-11-6/h3-5H,1-2H3. The van der Waals surface area contributed by atoms with Gasteiger partial charge in [0.05, 0.1) is 5.69 Å². The molecule has 2 rings (SSSR count). The minimum absolute atomic E-state index is 0.0579. The molecule has 0 bridgehead atoms. The SMILES string of the molecule is CC(=O)c1ccc2onc(C)c2c1. The van der Waals surface area contributed by atoms with Crippen molar-refractivity contribution < 1.29 is 9.32 Å². The molecule has 0 amide bonds. The van der Waals surface area contributed by atoms with Gasteiger partial charge in [0.2, 0.25) is 0 Å². The van der Waals surface area contributed by atoms with Crippen LogP contribution in [0.4, 0.5) is 0 Å². The van der Waals surface area contributed by atoms with Gasteiger partial charge in [-0.1, -0.05) is 5.16 Å². The second-order valence-electron chi connectivity index (χ2n) is 3.04. The number of fused-ring (bicyclic) bond motifs is 1. The smallest absolute Gasteiger partial charge is 0.167 e. The molecule has 1 heterocycles. The lowest BCUT2D eigenvalue weighted by atomic mass is 10.1. The number of benzene rings is 1. The first-order valence-electron chi connectivity index (χ1n) is 4.05. The Kier molecular flexibility index (Phi) is 1.65. The Morgan fingerprint density at radius 1 is 1.46 bits per heavy atom. The molecule has 1 aromatic heterocycles. The van der Waals surface area contributed by atoms with Gasteiger partial charge in [-0.3, -0.25) is 4.79 Å². The Morgan fingerprint density at radius 2 is 2.23 bits per heavy atom. The molecular weight excluding hydrogens is 166 g/mol. The van der Waals surface area contributed by atoms with Crippen molar-refractivity contribution in [3.05, 3.63) is 29.5 Å². The minimum atomic E-state index is 0.0579. The summed E-state index contributed by atoms with van der Waals surface area (Å²) >= 11 is 0. The first-order chi connectivity index (χ1) is 6.18. The molecule has 1 aromatic carbocycles. The first kappa shape index (κ1) is 7.98. The monoisotopic (exact) mass is 175 g/mol. The van der Waals surface area contributed by atoms with E-state index in [1.165, 1.54) is 0 Å². The Labute approximate surface area is 75.3 Å². The highest BCUT2D eigenvalue weighted by Gasteiger charge is 2.06. The maximum Gasteiger partial charge on any atom is 0.167 e. The van der Waals surface area contributed by atoms with E-state index in [1.54, 1.807) is 19.1 Å². The van der Waals surface area contributed by atoms with Crippen LogP contribution in [0.15, 0.2) is 22.7 Å². The van der Waals surface area contributed by atoms with Crippen LogP contribution in [-0.4, -0.2) is 10.9 Å². The summed E-state index contributed by atoms with van der Waals surface area (Å²) in [6.45, 7) is 3.40. The fraction of sp³-hybridized carbons (Fsp3) is 0.200. The number of aromatic nitrogens is 1. The van der Waals surface area contributed by atoms with E-state index in [9.17, 15) is 4.79 Å². The second-order valence-corrected chi connectivity index (χ2v) is 3.04. The predicted octanol–water partition coefficient (Wildman–Crippen LogP) is 2.34. The van der Waals surface area contributed by atoms with Gasteiger partial charge < -0.3 is 4.52 Å². The number of hydrogen-bond donors (Lipinski definition) is 0. The summed E-state index contributed by atoms with van der Waals surface area (Å²) in [7, 11) is 0. The molecule has 0 aliphatic heterocycles. The van der Waals surface area contributed by atoms with Gasteiger partial charge in [-0.05, 0) is 32.0 Å². The van der Waals surface area contributed by atoms with E-state index < -0.39 is 0 Å². The summed E-state index contributed by atoms with van der Waals surface area (Å²) in [4.78, 5) is 11.1. The van der Waals surface area contributed by atoms with Crippen molar-refractivity contribution in [2.45, 2.75) is 13.8 Å². The van der Waals surface area contributed by atoms with Crippen LogP contribution in [0.2, 0.25) is 0 Å². The number of hydrogen-bond acceptors (Lipinski definition) is 3. The number of carbonyl (C=O) groups is 1. The highest BCUT2D eigenvalue weighted by atomic mass is 16.5. The van der Waals surface area contributed by atoms with Crippen molar-refractivity contribution in [1.82, 2.24) is 5.16 Å². The van der Waals surface area contributed by atoms with Gasteiger partial charge in [-0.25, -0.2) is 0 Å². The van der Waals surface area contributed by atoms with E-state index in [4.69, 9.17) is 4.52 Å². The summed E-state index contributed by atoms with van der Waals surface area (Å²) in [6, 6.07) is 5.32. The summed E-state index contributed by atoms with van der Waals surface area (Å²) in [6.07, 6.45) is 0. The van der Waals surface area contributed by atoms with Crippen molar-refractivity contribution in [1.29, 1.82) is 0 Å². The highest BCUT2D eigenvalue weighted by Crippen LogP contribution is 2.19. The summed E-state index contributed by atoms with van der Waals surface area (Å²) in [5.41, 5.74) is 2.24. The topological polar surface area (TPSA) is 43.1 Å². The van der Waals surface area contributed by atoms with E-state index >= 15 is 0 Å². The normalized spacial score (nSPS) is 10.6. The zero-order valence-electron chi connectivity index (χ0n) is 7.50. The fourth-order valence-corrected chi connectivity index (χ4v) is 1.28. The van der Waals surface area contributed by atoms with Crippen molar-refractivity contribution in [3.8, 4) is 0 Å². The lowest BCUT2D eigenvalue weighted by Gasteiger charge is -1.93. The van der Waals surface area contributed by atoms with Crippen molar-refractivity contribution >= 4 is 16.8 Å². The second kappa shape index (κ2) is 2.69. The highest BCUT2D eigenvalue weighted by molar-refractivity contribution is 5.97. The van der Waals surface area contributed by atoms with E-state index in [2.05, 4.69) is 5.16 Å². The number of rotatable bonds is 1. The number of nitrogens with zero attached hydrogens (tertiary/aromatic N) is 1. The third-order valence-electron chi connectivity index (χ3n) is 2.06. The van der Waals surface area contributed by atoms with Gasteiger partial charge in [0.15, 0.2) is 11.4 Å². The first-order valence-corrected chi connectivity index (χ1v) is 4.05. The van der Waals surface area contributed by atoms with Gasteiger partial charge >= 0.3 is 0 Å². The van der Waals surface area contributed by atoms with Crippen LogP contribution in [-0.2, 0) is 0 Å². The Hall–Kier alpha value is -1.64. The van der Waals surface area contributed by atoms with Crippen LogP contribution in [0.1, 0.15) is 23.0 Å². The fourth-order valence-electron chi connectivity index (χ4n) is 1.28. The maximum atomic E-state index is 11.1.